The predicted octanol–water partition coefficient (Wildman–Crippen LogP) is 3.94. The second-order valence-corrected chi connectivity index (χ2v) is 5.18. The van der Waals surface area contributed by atoms with Crippen LogP contribution in [0.1, 0.15) is 6.92 Å². The van der Waals surface area contributed by atoms with Crippen LogP contribution in [0.15, 0.2) is 76.0 Å². The fraction of sp³-hybridized carbons (Fsp3) is 0.0526. The van der Waals surface area contributed by atoms with E-state index in [-0.39, 0.29) is 0 Å². The van der Waals surface area contributed by atoms with E-state index in [0.717, 1.165) is 5.56 Å². The molecule has 3 rings (SSSR count). The summed E-state index contributed by atoms with van der Waals surface area (Å²) in [6, 6.07) is 15.8. The molecule has 0 fully saturated rings. The summed E-state index contributed by atoms with van der Waals surface area (Å²) in [5.74, 6) is -0.122. The van der Waals surface area contributed by atoms with Gasteiger partial charge in [-0.15, -0.1) is 0 Å². The Kier molecular flexibility index (Phi) is 3.81. The molecule has 4 heteroatoms. The highest BCUT2D eigenvalue weighted by Crippen LogP contribution is 2.24. The van der Waals surface area contributed by atoms with Crippen molar-refractivity contribution in [3.63, 3.8) is 0 Å². The Morgan fingerprint density at radius 3 is 2.52 bits per heavy atom. The lowest BCUT2D eigenvalue weighted by Gasteiger charge is -2.06. The van der Waals surface area contributed by atoms with Crippen molar-refractivity contribution in [2.75, 3.05) is 0 Å². The standard InChI is InChI=1S/C19H14O4/c1-12(2)18(20)22-15-8-9-17-14(10-15)11-16(19(21)23-17)13-6-4-3-5-7-13/h3-11H,1H2,2H3. The summed E-state index contributed by atoms with van der Waals surface area (Å²) < 4.78 is 10.5. The van der Waals surface area contributed by atoms with Crippen molar-refractivity contribution in [2.24, 2.45) is 0 Å². The number of ether oxygens (including phenoxy) is 1. The van der Waals surface area contributed by atoms with Gasteiger partial charge in [-0.05, 0) is 36.8 Å². The lowest BCUT2D eigenvalue weighted by atomic mass is 10.1. The lowest BCUT2D eigenvalue weighted by Crippen LogP contribution is -2.08. The van der Waals surface area contributed by atoms with Gasteiger partial charge in [0.15, 0.2) is 0 Å². The van der Waals surface area contributed by atoms with Crippen molar-refractivity contribution in [1.82, 2.24) is 0 Å². The lowest BCUT2D eigenvalue weighted by molar-refractivity contribution is -0.130. The van der Waals surface area contributed by atoms with E-state index < -0.39 is 11.6 Å². The molecule has 0 spiro atoms. The van der Waals surface area contributed by atoms with E-state index in [1.165, 1.54) is 0 Å². The molecule has 23 heavy (non-hydrogen) atoms. The van der Waals surface area contributed by atoms with Crippen molar-refractivity contribution >= 4 is 16.9 Å². The molecule has 0 saturated heterocycles. The molecular weight excluding hydrogens is 292 g/mol. The third-order valence-corrected chi connectivity index (χ3v) is 3.35. The maximum atomic E-state index is 12.1. The normalized spacial score (nSPS) is 10.5. The Labute approximate surface area is 132 Å². The third-order valence-electron chi connectivity index (χ3n) is 3.35. The van der Waals surface area contributed by atoms with Gasteiger partial charge in [-0.1, -0.05) is 36.9 Å². The molecule has 0 aliphatic carbocycles. The van der Waals surface area contributed by atoms with Gasteiger partial charge >= 0.3 is 11.6 Å². The van der Waals surface area contributed by atoms with Gasteiger partial charge in [0.05, 0.1) is 5.56 Å². The Morgan fingerprint density at radius 2 is 1.83 bits per heavy atom. The maximum absolute atomic E-state index is 12.1. The second kappa shape index (κ2) is 5.93. The first-order valence-electron chi connectivity index (χ1n) is 7.05. The number of carbonyl (C=O) groups is 1. The number of fused-ring (bicyclic) bond motifs is 1. The van der Waals surface area contributed by atoms with Gasteiger partial charge in [0.2, 0.25) is 0 Å². The van der Waals surface area contributed by atoms with Crippen LogP contribution in [0.25, 0.3) is 22.1 Å². The summed E-state index contributed by atoms with van der Waals surface area (Å²) in [5.41, 5.74) is 1.57. The maximum Gasteiger partial charge on any atom is 0.344 e. The van der Waals surface area contributed by atoms with Crippen molar-refractivity contribution < 1.29 is 13.9 Å². The fourth-order valence-corrected chi connectivity index (χ4v) is 2.18. The first kappa shape index (κ1) is 14.8. The third kappa shape index (κ3) is 3.06. The average Bonchev–Trinajstić information content (AvgIpc) is 2.55. The topological polar surface area (TPSA) is 56.5 Å². The zero-order valence-corrected chi connectivity index (χ0v) is 12.5. The molecule has 0 aliphatic heterocycles. The van der Waals surface area contributed by atoms with Gasteiger partial charge in [-0.2, -0.15) is 0 Å². The molecule has 3 aromatic rings. The van der Waals surface area contributed by atoms with Gasteiger partial charge in [0.25, 0.3) is 0 Å². The minimum Gasteiger partial charge on any atom is -0.423 e. The predicted molar refractivity (Wildman–Crippen MR) is 88.4 cm³/mol. The highest BCUT2D eigenvalue weighted by molar-refractivity contribution is 5.90. The zero-order chi connectivity index (χ0) is 16.4. The van der Waals surface area contributed by atoms with Crippen LogP contribution in [-0.4, -0.2) is 5.97 Å². The number of rotatable bonds is 3. The molecule has 0 amide bonds. The molecule has 0 radical (unpaired) electrons. The van der Waals surface area contributed by atoms with Crippen LogP contribution >= 0.6 is 0 Å². The summed E-state index contributed by atoms with van der Waals surface area (Å²) in [6.07, 6.45) is 0. The first-order chi connectivity index (χ1) is 11.0. The van der Waals surface area contributed by atoms with E-state index in [1.54, 1.807) is 31.2 Å². The number of hydrogen-bond donors (Lipinski definition) is 0. The number of esters is 1. The van der Waals surface area contributed by atoms with E-state index in [9.17, 15) is 9.59 Å². The molecule has 1 aromatic heterocycles. The monoisotopic (exact) mass is 306 g/mol. The molecule has 4 nitrogen and oxygen atoms in total. The molecule has 114 valence electrons. The van der Waals surface area contributed by atoms with Gasteiger partial charge < -0.3 is 9.15 Å². The molecule has 2 aromatic carbocycles. The van der Waals surface area contributed by atoms with Crippen molar-refractivity contribution in [3.8, 4) is 16.9 Å². The molecule has 0 bridgehead atoms. The molecule has 0 aliphatic rings. The summed E-state index contributed by atoms with van der Waals surface area (Å²) in [6.45, 7) is 5.12. The molecule has 1 heterocycles. The van der Waals surface area contributed by atoms with Crippen molar-refractivity contribution in [1.29, 1.82) is 0 Å². The number of carbonyl (C=O) groups excluding carboxylic acids is 1. The van der Waals surface area contributed by atoms with E-state index in [2.05, 4.69) is 6.58 Å². The Hall–Kier alpha value is -3.14. The van der Waals surface area contributed by atoms with Crippen LogP contribution in [0.2, 0.25) is 0 Å². The number of benzene rings is 2. The summed E-state index contributed by atoms with van der Waals surface area (Å²) >= 11 is 0. The van der Waals surface area contributed by atoms with E-state index in [1.807, 2.05) is 30.3 Å². The molecule has 0 unspecified atom stereocenters. The molecule has 0 N–H and O–H groups in total. The van der Waals surface area contributed by atoms with E-state index in [4.69, 9.17) is 9.15 Å². The molecular formula is C19H14O4. The van der Waals surface area contributed by atoms with Gasteiger partial charge in [0, 0.05) is 11.0 Å². The van der Waals surface area contributed by atoms with E-state index in [0.29, 0.717) is 27.9 Å². The SMILES string of the molecule is C=C(C)C(=O)Oc1ccc2oc(=O)c(-c3ccccc3)cc2c1. The first-order valence-corrected chi connectivity index (χ1v) is 7.05. The quantitative estimate of drug-likeness (QED) is 0.318. The molecule has 0 atom stereocenters. The van der Waals surface area contributed by atoms with Crippen LogP contribution in [0, 0.1) is 0 Å². The van der Waals surface area contributed by atoms with Gasteiger partial charge in [-0.25, -0.2) is 9.59 Å². The Morgan fingerprint density at radius 1 is 1.09 bits per heavy atom. The minimum atomic E-state index is -0.495. The largest absolute Gasteiger partial charge is 0.423 e. The van der Waals surface area contributed by atoms with Crippen LogP contribution in [0.3, 0.4) is 0 Å². The number of hydrogen-bond acceptors (Lipinski definition) is 4. The van der Waals surface area contributed by atoms with Crippen LogP contribution in [0.5, 0.6) is 5.75 Å². The fourth-order valence-electron chi connectivity index (χ4n) is 2.18. The average molecular weight is 306 g/mol. The Bertz CT molecular complexity index is 952. The second-order valence-electron chi connectivity index (χ2n) is 5.18. The van der Waals surface area contributed by atoms with Crippen molar-refractivity contribution in [2.45, 2.75) is 6.92 Å². The summed E-state index contributed by atoms with van der Waals surface area (Å²) in [7, 11) is 0. The highest BCUT2D eigenvalue weighted by Gasteiger charge is 2.10. The van der Waals surface area contributed by atoms with Gasteiger partial charge in [-0.3, -0.25) is 0 Å². The summed E-state index contributed by atoms with van der Waals surface area (Å²) in [5, 5.41) is 0.676. The van der Waals surface area contributed by atoms with Crippen molar-refractivity contribution in [3.05, 3.63) is 77.2 Å². The van der Waals surface area contributed by atoms with Crippen LogP contribution in [-0.2, 0) is 4.79 Å². The highest BCUT2D eigenvalue weighted by atomic mass is 16.5. The van der Waals surface area contributed by atoms with Gasteiger partial charge in [0.1, 0.15) is 11.3 Å². The summed E-state index contributed by atoms with van der Waals surface area (Å²) in [4.78, 5) is 23.7. The zero-order valence-electron chi connectivity index (χ0n) is 12.5. The van der Waals surface area contributed by atoms with Crippen LogP contribution in [0.4, 0.5) is 0 Å². The minimum absolute atomic E-state index is 0.315. The molecule has 0 saturated carbocycles. The smallest absolute Gasteiger partial charge is 0.344 e. The van der Waals surface area contributed by atoms with Crippen LogP contribution < -0.4 is 10.4 Å². The Balaban J connectivity index is 2.08. The van der Waals surface area contributed by atoms with E-state index >= 15 is 0 Å².